The second-order valence-electron chi connectivity index (χ2n) is 2.59. The average molecular weight is 159 g/mol. The molecule has 1 rings (SSSR count). The van der Waals surface area contributed by atoms with Crippen molar-refractivity contribution in [1.29, 1.82) is 0 Å². The fourth-order valence-corrected chi connectivity index (χ4v) is 1.02. The molecule has 1 heterocycles. The summed E-state index contributed by atoms with van der Waals surface area (Å²) in [5.74, 6) is 0.288. The smallest absolute Gasteiger partial charge is 0.200 e. The van der Waals surface area contributed by atoms with Crippen molar-refractivity contribution >= 4 is 0 Å². The second kappa shape index (κ2) is 3.21. The van der Waals surface area contributed by atoms with Gasteiger partial charge in [0, 0.05) is 19.6 Å². The van der Waals surface area contributed by atoms with E-state index in [9.17, 15) is 5.11 Å². The molecule has 0 amide bonds. The van der Waals surface area contributed by atoms with Crippen LogP contribution in [0.4, 0.5) is 0 Å². The summed E-state index contributed by atoms with van der Waals surface area (Å²) in [5, 5.41) is 9.25. The van der Waals surface area contributed by atoms with Crippen molar-refractivity contribution in [3.63, 3.8) is 0 Å². The zero-order valence-corrected chi connectivity index (χ0v) is 6.49. The number of methoxy groups -OCH3 is 1. The van der Waals surface area contributed by atoms with Crippen LogP contribution in [0.3, 0.4) is 0 Å². The highest BCUT2D eigenvalue weighted by molar-refractivity contribution is 5.01. The normalized spacial score (nSPS) is 38.5. The SMILES string of the molecule is C=C1O[C@H](OC)C[C@@H](N)[C@@H]1O. The molecule has 1 saturated heterocycles. The van der Waals surface area contributed by atoms with Crippen LogP contribution < -0.4 is 5.73 Å². The minimum absolute atomic E-state index is 0.288. The lowest BCUT2D eigenvalue weighted by Gasteiger charge is -2.32. The first-order valence-electron chi connectivity index (χ1n) is 3.47. The predicted octanol–water partition coefficient (Wildman–Crippen LogP) is -0.419. The van der Waals surface area contributed by atoms with Gasteiger partial charge in [-0.1, -0.05) is 6.58 Å². The Morgan fingerprint density at radius 2 is 2.45 bits per heavy atom. The molecule has 0 aromatic rings. The molecule has 0 aromatic heterocycles. The summed E-state index contributed by atoms with van der Waals surface area (Å²) < 4.78 is 9.98. The van der Waals surface area contributed by atoms with Crippen molar-refractivity contribution in [3.05, 3.63) is 12.3 Å². The average Bonchev–Trinajstić information content (AvgIpc) is 1.99. The van der Waals surface area contributed by atoms with Crippen molar-refractivity contribution < 1.29 is 14.6 Å². The van der Waals surface area contributed by atoms with Crippen molar-refractivity contribution in [2.75, 3.05) is 7.11 Å². The Bertz CT molecular complexity index is 160. The molecule has 11 heavy (non-hydrogen) atoms. The minimum atomic E-state index is -0.763. The Kier molecular flexibility index (Phi) is 2.49. The molecule has 0 spiro atoms. The number of aliphatic hydroxyl groups is 1. The lowest BCUT2D eigenvalue weighted by molar-refractivity contribution is -0.142. The molecular weight excluding hydrogens is 146 g/mol. The summed E-state index contributed by atoms with van der Waals surface area (Å²) in [4.78, 5) is 0. The van der Waals surface area contributed by atoms with Gasteiger partial charge in [-0.25, -0.2) is 0 Å². The predicted molar refractivity (Wildman–Crippen MR) is 39.6 cm³/mol. The molecule has 4 nitrogen and oxygen atoms in total. The van der Waals surface area contributed by atoms with E-state index >= 15 is 0 Å². The quantitative estimate of drug-likeness (QED) is 0.545. The summed E-state index contributed by atoms with van der Waals surface area (Å²) in [7, 11) is 1.53. The molecule has 0 bridgehead atoms. The van der Waals surface area contributed by atoms with E-state index in [4.69, 9.17) is 15.2 Å². The Morgan fingerprint density at radius 1 is 1.82 bits per heavy atom. The van der Waals surface area contributed by atoms with Gasteiger partial charge in [0.25, 0.3) is 0 Å². The first kappa shape index (κ1) is 8.52. The highest BCUT2D eigenvalue weighted by Gasteiger charge is 2.30. The molecule has 3 N–H and O–H groups in total. The summed E-state index contributed by atoms with van der Waals surface area (Å²) in [6.45, 7) is 3.51. The van der Waals surface area contributed by atoms with E-state index in [0.717, 1.165) is 0 Å². The number of nitrogens with two attached hydrogens (primary N) is 1. The van der Waals surface area contributed by atoms with Crippen LogP contribution in [0.15, 0.2) is 12.3 Å². The van der Waals surface area contributed by atoms with Crippen molar-refractivity contribution in [2.45, 2.75) is 24.9 Å². The van der Waals surface area contributed by atoms with Gasteiger partial charge in [0.2, 0.25) is 6.29 Å². The van der Waals surface area contributed by atoms with Crippen LogP contribution in [0.2, 0.25) is 0 Å². The third-order valence-corrected chi connectivity index (χ3v) is 1.75. The van der Waals surface area contributed by atoms with Crippen LogP contribution in [-0.2, 0) is 9.47 Å². The summed E-state index contributed by atoms with van der Waals surface area (Å²) in [6.07, 6.45) is -0.626. The Hall–Kier alpha value is -0.580. The van der Waals surface area contributed by atoms with Crippen LogP contribution in [0.1, 0.15) is 6.42 Å². The molecule has 1 aliphatic heterocycles. The number of hydrogen-bond acceptors (Lipinski definition) is 4. The van der Waals surface area contributed by atoms with Gasteiger partial charge >= 0.3 is 0 Å². The zero-order valence-electron chi connectivity index (χ0n) is 6.49. The molecular formula is C7H13NO3. The standard InChI is InChI=1S/C7H13NO3/c1-4-7(9)5(8)3-6(10-2)11-4/h5-7,9H,1,3,8H2,2H3/t5-,6+,7-/m1/s1. The van der Waals surface area contributed by atoms with E-state index in [1.165, 1.54) is 7.11 Å². The Balaban J connectivity index is 2.54. The monoisotopic (exact) mass is 159 g/mol. The van der Waals surface area contributed by atoms with E-state index < -0.39 is 6.10 Å². The molecule has 4 heteroatoms. The number of ether oxygens (including phenoxy) is 2. The van der Waals surface area contributed by atoms with Crippen LogP contribution in [0.5, 0.6) is 0 Å². The molecule has 0 aromatic carbocycles. The molecule has 0 radical (unpaired) electrons. The third kappa shape index (κ3) is 1.71. The molecule has 0 saturated carbocycles. The molecule has 3 atom stereocenters. The number of rotatable bonds is 1. The molecule has 64 valence electrons. The summed E-state index contributed by atoms with van der Waals surface area (Å²) in [6, 6.07) is -0.332. The maximum Gasteiger partial charge on any atom is 0.200 e. The highest BCUT2D eigenvalue weighted by Crippen LogP contribution is 2.20. The molecule has 1 aliphatic rings. The maximum atomic E-state index is 9.25. The molecule has 0 aliphatic carbocycles. The molecule has 0 unspecified atom stereocenters. The van der Waals surface area contributed by atoms with Gasteiger partial charge in [-0.3, -0.25) is 0 Å². The van der Waals surface area contributed by atoms with E-state index in [0.29, 0.717) is 6.42 Å². The lowest BCUT2D eigenvalue weighted by Crippen LogP contribution is -2.45. The van der Waals surface area contributed by atoms with Crippen molar-refractivity contribution in [1.82, 2.24) is 0 Å². The summed E-state index contributed by atoms with van der Waals surface area (Å²) in [5.41, 5.74) is 5.56. The third-order valence-electron chi connectivity index (χ3n) is 1.75. The first-order chi connectivity index (χ1) is 5.15. The topological polar surface area (TPSA) is 64.7 Å². The van der Waals surface area contributed by atoms with Crippen molar-refractivity contribution in [3.8, 4) is 0 Å². The van der Waals surface area contributed by atoms with Gasteiger partial charge in [0.15, 0.2) is 0 Å². The lowest BCUT2D eigenvalue weighted by atomic mass is 10.0. The van der Waals surface area contributed by atoms with E-state index in [1.807, 2.05) is 0 Å². The van der Waals surface area contributed by atoms with Gasteiger partial charge < -0.3 is 20.3 Å². The summed E-state index contributed by atoms with van der Waals surface area (Å²) >= 11 is 0. The fraction of sp³-hybridized carbons (Fsp3) is 0.714. The number of aliphatic hydroxyl groups excluding tert-OH is 1. The Labute approximate surface area is 65.6 Å². The van der Waals surface area contributed by atoms with Crippen LogP contribution in [-0.4, -0.2) is 30.7 Å². The fourth-order valence-electron chi connectivity index (χ4n) is 1.02. The van der Waals surface area contributed by atoms with E-state index in [-0.39, 0.29) is 18.1 Å². The van der Waals surface area contributed by atoms with Crippen LogP contribution in [0.25, 0.3) is 0 Å². The minimum Gasteiger partial charge on any atom is -0.467 e. The zero-order chi connectivity index (χ0) is 8.43. The second-order valence-corrected chi connectivity index (χ2v) is 2.59. The Morgan fingerprint density at radius 3 is 2.91 bits per heavy atom. The van der Waals surface area contributed by atoms with Crippen molar-refractivity contribution in [2.24, 2.45) is 5.73 Å². The van der Waals surface area contributed by atoms with Gasteiger partial charge in [-0.05, 0) is 0 Å². The number of hydrogen-bond donors (Lipinski definition) is 2. The first-order valence-corrected chi connectivity index (χ1v) is 3.47. The van der Waals surface area contributed by atoms with Gasteiger partial charge in [-0.15, -0.1) is 0 Å². The molecule has 1 fully saturated rings. The maximum absolute atomic E-state index is 9.25. The highest BCUT2D eigenvalue weighted by atomic mass is 16.7. The van der Waals surface area contributed by atoms with Crippen LogP contribution in [0, 0.1) is 0 Å². The van der Waals surface area contributed by atoms with E-state index in [2.05, 4.69) is 6.58 Å². The van der Waals surface area contributed by atoms with Gasteiger partial charge in [-0.2, -0.15) is 0 Å². The van der Waals surface area contributed by atoms with Gasteiger partial charge in [0.1, 0.15) is 11.9 Å². The van der Waals surface area contributed by atoms with E-state index in [1.54, 1.807) is 0 Å². The van der Waals surface area contributed by atoms with Gasteiger partial charge in [0.05, 0.1) is 0 Å². The largest absolute Gasteiger partial charge is 0.467 e. The van der Waals surface area contributed by atoms with Crippen LogP contribution >= 0.6 is 0 Å².